The molecule has 2 heterocycles. The van der Waals surface area contributed by atoms with E-state index in [4.69, 9.17) is 4.52 Å². The molecule has 9 heteroatoms. The molecule has 2 aromatic heterocycles. The van der Waals surface area contributed by atoms with Crippen molar-refractivity contribution in [3.63, 3.8) is 0 Å². The Morgan fingerprint density at radius 3 is 2.71 bits per heavy atom. The van der Waals surface area contributed by atoms with Crippen LogP contribution in [0.15, 0.2) is 34.9 Å². The topological polar surface area (TPSA) is 80.0 Å². The van der Waals surface area contributed by atoms with Crippen LogP contribution < -0.4 is 10.6 Å². The van der Waals surface area contributed by atoms with Gasteiger partial charge in [0.25, 0.3) is 11.6 Å². The number of aromatic nitrogens is 2. The van der Waals surface area contributed by atoms with Crippen molar-refractivity contribution >= 4 is 17.0 Å². The number of carbonyl (C=O) groups excluding carboxylic acids is 1. The molecule has 0 saturated heterocycles. The highest BCUT2D eigenvalue weighted by Gasteiger charge is 2.30. The molecule has 0 aliphatic rings. The van der Waals surface area contributed by atoms with E-state index in [9.17, 15) is 18.0 Å². The first-order chi connectivity index (χ1) is 13.3. The van der Waals surface area contributed by atoms with Crippen LogP contribution in [-0.2, 0) is 6.18 Å². The molecule has 0 spiro atoms. The van der Waals surface area contributed by atoms with Crippen molar-refractivity contribution in [2.45, 2.75) is 20.0 Å². The lowest BCUT2D eigenvalue weighted by Crippen LogP contribution is -2.31. The normalized spacial score (nSPS) is 11.8. The molecule has 0 radical (unpaired) electrons. The van der Waals surface area contributed by atoms with Crippen LogP contribution >= 0.6 is 0 Å². The number of alkyl halides is 3. The molecule has 2 N–H and O–H groups in total. The molecule has 0 fully saturated rings. The third-order valence-corrected chi connectivity index (χ3v) is 4.18. The van der Waals surface area contributed by atoms with Crippen LogP contribution in [0.4, 0.5) is 13.2 Å². The highest BCUT2D eigenvalue weighted by atomic mass is 19.4. The minimum absolute atomic E-state index is 0.101. The number of amides is 1. The molecular weight excluding hydrogens is 373 g/mol. The van der Waals surface area contributed by atoms with Crippen LogP contribution in [0.3, 0.4) is 0 Å². The average Bonchev–Trinajstić information content (AvgIpc) is 3.05. The number of hydrogen-bond acceptors (Lipinski definition) is 5. The van der Waals surface area contributed by atoms with E-state index in [2.05, 4.69) is 20.8 Å². The maximum absolute atomic E-state index is 13.0. The second kappa shape index (κ2) is 7.97. The summed E-state index contributed by atoms with van der Waals surface area (Å²) in [7, 11) is 0. The van der Waals surface area contributed by atoms with E-state index < -0.39 is 11.7 Å². The number of nitrogens with zero attached hydrogens (tertiary/aromatic N) is 2. The molecular formula is C19H19F3N4O2. The molecule has 1 amide bonds. The first kappa shape index (κ1) is 19.8. The van der Waals surface area contributed by atoms with E-state index in [1.807, 2.05) is 6.92 Å². The van der Waals surface area contributed by atoms with Gasteiger partial charge in [-0.05, 0) is 31.7 Å². The Hall–Kier alpha value is -2.94. The number of nitrogens with one attached hydrogen (secondary N) is 2. The van der Waals surface area contributed by atoms with Gasteiger partial charge in [0.2, 0.25) is 0 Å². The molecule has 28 heavy (non-hydrogen) atoms. The summed E-state index contributed by atoms with van der Waals surface area (Å²) in [5.41, 5.74) is 0.475. The Kier molecular flexibility index (Phi) is 5.64. The average molecular weight is 392 g/mol. The highest BCUT2D eigenvalue weighted by Crippen LogP contribution is 2.33. The van der Waals surface area contributed by atoms with Crippen molar-refractivity contribution in [2.24, 2.45) is 0 Å². The number of likely N-dealkylation sites (N-methyl/N-ethyl adjacent to an activating group) is 1. The quantitative estimate of drug-likeness (QED) is 0.627. The smallest absolute Gasteiger partial charge is 0.351 e. The molecule has 0 aliphatic carbocycles. The minimum atomic E-state index is -4.48. The lowest BCUT2D eigenvalue weighted by molar-refractivity contribution is -0.137. The number of halogens is 3. The zero-order chi connectivity index (χ0) is 20.3. The minimum Gasteiger partial charge on any atom is -0.351 e. The fourth-order valence-electron chi connectivity index (χ4n) is 2.81. The summed E-state index contributed by atoms with van der Waals surface area (Å²) in [6.45, 7) is 5.40. The number of hydrogen-bond donors (Lipinski definition) is 2. The van der Waals surface area contributed by atoms with Crippen molar-refractivity contribution in [3.8, 4) is 11.3 Å². The molecule has 0 unspecified atom stereocenters. The monoisotopic (exact) mass is 392 g/mol. The first-order valence-electron chi connectivity index (χ1n) is 8.75. The van der Waals surface area contributed by atoms with E-state index in [1.54, 1.807) is 6.92 Å². The van der Waals surface area contributed by atoms with E-state index >= 15 is 0 Å². The maximum atomic E-state index is 13.0. The molecule has 0 atom stereocenters. The third kappa shape index (κ3) is 4.14. The van der Waals surface area contributed by atoms with E-state index in [-0.39, 0.29) is 28.4 Å². The Balaban J connectivity index is 2.03. The lowest BCUT2D eigenvalue weighted by atomic mass is 10.0. The summed E-state index contributed by atoms with van der Waals surface area (Å²) < 4.78 is 44.3. The van der Waals surface area contributed by atoms with Gasteiger partial charge in [-0.2, -0.15) is 13.2 Å². The molecule has 0 saturated carbocycles. The predicted molar refractivity (Wildman–Crippen MR) is 97.9 cm³/mol. The molecule has 148 valence electrons. The Labute approximate surface area is 159 Å². The number of fused-ring (bicyclic) bond motifs is 1. The van der Waals surface area contributed by atoms with Gasteiger partial charge in [0.15, 0.2) is 0 Å². The number of carbonyl (C=O) groups is 1. The maximum Gasteiger partial charge on any atom is 0.416 e. The summed E-state index contributed by atoms with van der Waals surface area (Å²) in [5.74, 6) is -0.371. The van der Waals surface area contributed by atoms with Crippen LogP contribution in [0, 0.1) is 6.92 Å². The molecule has 0 aliphatic heterocycles. The third-order valence-electron chi connectivity index (χ3n) is 4.18. The summed E-state index contributed by atoms with van der Waals surface area (Å²) in [5, 5.41) is 10.1. The second-order valence-electron chi connectivity index (χ2n) is 6.19. The standard InChI is InChI=1S/C19H19F3N4O2/c1-3-23-7-8-24-17(27)14-10-15(25-18-16(14)11(2)26-28-18)12-5-4-6-13(9-12)19(20,21)22/h4-6,9-10,23H,3,7-8H2,1-2H3,(H,24,27). The Morgan fingerprint density at radius 2 is 2.00 bits per heavy atom. The van der Waals surface area contributed by atoms with Crippen molar-refractivity contribution in [3.05, 3.63) is 47.2 Å². The van der Waals surface area contributed by atoms with Crippen LogP contribution in [0.1, 0.15) is 28.5 Å². The van der Waals surface area contributed by atoms with Gasteiger partial charge < -0.3 is 15.2 Å². The van der Waals surface area contributed by atoms with Gasteiger partial charge in [-0.15, -0.1) is 0 Å². The van der Waals surface area contributed by atoms with Gasteiger partial charge in [-0.25, -0.2) is 4.98 Å². The Morgan fingerprint density at radius 1 is 1.21 bits per heavy atom. The SMILES string of the molecule is CCNCCNC(=O)c1cc(-c2cccc(C(F)(F)F)c2)nc2onc(C)c12. The van der Waals surface area contributed by atoms with Gasteiger partial charge in [0, 0.05) is 18.7 Å². The molecule has 1 aromatic carbocycles. The van der Waals surface area contributed by atoms with Gasteiger partial charge in [0.1, 0.15) is 0 Å². The first-order valence-corrected chi connectivity index (χ1v) is 8.75. The van der Waals surface area contributed by atoms with Crippen LogP contribution in [0.2, 0.25) is 0 Å². The van der Waals surface area contributed by atoms with E-state index in [1.165, 1.54) is 18.2 Å². The Bertz CT molecular complexity index is 998. The molecule has 3 aromatic rings. The summed E-state index contributed by atoms with van der Waals surface area (Å²) in [6.07, 6.45) is -4.48. The van der Waals surface area contributed by atoms with Crippen molar-refractivity contribution in [1.82, 2.24) is 20.8 Å². The van der Waals surface area contributed by atoms with Crippen molar-refractivity contribution in [2.75, 3.05) is 19.6 Å². The van der Waals surface area contributed by atoms with Crippen molar-refractivity contribution < 1.29 is 22.5 Å². The zero-order valence-corrected chi connectivity index (χ0v) is 15.4. The number of benzene rings is 1. The van der Waals surface area contributed by atoms with Crippen molar-refractivity contribution in [1.29, 1.82) is 0 Å². The van der Waals surface area contributed by atoms with E-state index in [0.717, 1.165) is 18.7 Å². The molecule has 6 nitrogen and oxygen atoms in total. The largest absolute Gasteiger partial charge is 0.416 e. The second-order valence-corrected chi connectivity index (χ2v) is 6.19. The fourth-order valence-corrected chi connectivity index (χ4v) is 2.81. The number of pyridine rings is 1. The van der Waals surface area contributed by atoms with Gasteiger partial charge >= 0.3 is 6.18 Å². The van der Waals surface area contributed by atoms with E-state index in [0.29, 0.717) is 24.2 Å². The van der Waals surface area contributed by atoms with Crippen LogP contribution in [0.5, 0.6) is 0 Å². The summed E-state index contributed by atoms with van der Waals surface area (Å²) >= 11 is 0. The zero-order valence-electron chi connectivity index (χ0n) is 15.4. The summed E-state index contributed by atoms with van der Waals surface area (Å²) in [6, 6.07) is 6.23. The molecule has 0 bridgehead atoms. The van der Waals surface area contributed by atoms with Gasteiger partial charge in [-0.3, -0.25) is 4.79 Å². The summed E-state index contributed by atoms with van der Waals surface area (Å²) in [4.78, 5) is 16.9. The fraction of sp³-hybridized carbons (Fsp3) is 0.316. The van der Waals surface area contributed by atoms with Gasteiger partial charge in [0.05, 0.1) is 27.9 Å². The predicted octanol–water partition coefficient (Wildman–Crippen LogP) is 3.56. The lowest BCUT2D eigenvalue weighted by Gasteiger charge is -2.10. The number of rotatable bonds is 6. The molecule has 3 rings (SSSR count). The highest BCUT2D eigenvalue weighted by molar-refractivity contribution is 6.07. The van der Waals surface area contributed by atoms with Crippen LogP contribution in [-0.4, -0.2) is 35.7 Å². The van der Waals surface area contributed by atoms with Gasteiger partial charge in [-0.1, -0.05) is 24.2 Å². The van der Waals surface area contributed by atoms with Crippen LogP contribution in [0.25, 0.3) is 22.4 Å². The number of aryl methyl sites for hydroxylation is 1.